The number of ether oxygens (including phenoxy) is 1. The summed E-state index contributed by atoms with van der Waals surface area (Å²) in [4.78, 5) is 28.8. The Bertz CT molecular complexity index is 710. The van der Waals surface area contributed by atoms with Gasteiger partial charge in [0.25, 0.3) is 5.91 Å². The molecule has 0 saturated heterocycles. The summed E-state index contributed by atoms with van der Waals surface area (Å²) in [6.45, 7) is 7.13. The van der Waals surface area contributed by atoms with E-state index in [0.717, 1.165) is 10.6 Å². The Balaban J connectivity index is 2.10. The van der Waals surface area contributed by atoms with Gasteiger partial charge in [-0.1, -0.05) is 36.4 Å². The molecule has 0 saturated carbocycles. The summed E-state index contributed by atoms with van der Waals surface area (Å²) in [5.41, 5.74) is 1.54. The molecule has 0 aliphatic rings. The molecule has 0 fully saturated rings. The molecule has 0 aliphatic heterocycles. The molecule has 23 heavy (non-hydrogen) atoms. The molecule has 0 aliphatic carbocycles. The molecule has 1 heterocycles. The van der Waals surface area contributed by atoms with Gasteiger partial charge in [-0.05, 0) is 13.8 Å². The lowest BCUT2D eigenvalue weighted by molar-refractivity contribution is -0.128. The van der Waals surface area contributed by atoms with Crippen LogP contribution >= 0.6 is 11.3 Å². The number of esters is 1. The van der Waals surface area contributed by atoms with Crippen LogP contribution in [0.25, 0.3) is 10.6 Å². The summed E-state index contributed by atoms with van der Waals surface area (Å²) in [5, 5.41) is 3.34. The van der Waals surface area contributed by atoms with E-state index in [-0.39, 0.29) is 5.91 Å². The van der Waals surface area contributed by atoms with Crippen LogP contribution in [0.2, 0.25) is 0 Å². The molecule has 1 aromatic heterocycles. The van der Waals surface area contributed by atoms with E-state index in [2.05, 4.69) is 16.9 Å². The summed E-state index contributed by atoms with van der Waals surface area (Å²) in [6, 6.07) is 9.60. The first-order valence-electron chi connectivity index (χ1n) is 7.15. The highest BCUT2D eigenvalue weighted by molar-refractivity contribution is 7.17. The molecule has 2 rings (SSSR count). The largest absolute Gasteiger partial charge is 0.448 e. The molecule has 0 unspecified atom stereocenters. The fourth-order valence-corrected chi connectivity index (χ4v) is 2.83. The zero-order chi connectivity index (χ0) is 16.8. The van der Waals surface area contributed by atoms with E-state index in [0.29, 0.717) is 17.1 Å². The van der Waals surface area contributed by atoms with Crippen molar-refractivity contribution in [1.82, 2.24) is 10.3 Å². The predicted molar refractivity (Wildman–Crippen MR) is 90.4 cm³/mol. The van der Waals surface area contributed by atoms with Gasteiger partial charge in [-0.3, -0.25) is 4.79 Å². The number of aryl methyl sites for hydroxylation is 1. The van der Waals surface area contributed by atoms with Crippen LogP contribution in [0, 0.1) is 6.92 Å². The Labute approximate surface area is 139 Å². The second kappa shape index (κ2) is 7.69. The van der Waals surface area contributed by atoms with E-state index in [1.54, 1.807) is 13.0 Å². The Morgan fingerprint density at radius 2 is 2.09 bits per heavy atom. The van der Waals surface area contributed by atoms with E-state index in [9.17, 15) is 9.59 Å². The van der Waals surface area contributed by atoms with Gasteiger partial charge in [0.1, 0.15) is 9.88 Å². The molecule has 0 spiro atoms. The first-order chi connectivity index (χ1) is 11.0. The molecule has 1 N–H and O–H groups in total. The number of aromatic nitrogens is 1. The molecule has 0 bridgehead atoms. The van der Waals surface area contributed by atoms with Crippen LogP contribution in [0.1, 0.15) is 22.3 Å². The van der Waals surface area contributed by atoms with Gasteiger partial charge >= 0.3 is 5.97 Å². The number of hydrogen-bond acceptors (Lipinski definition) is 5. The summed E-state index contributed by atoms with van der Waals surface area (Å²) in [7, 11) is 0. The topological polar surface area (TPSA) is 68.3 Å². The zero-order valence-corrected chi connectivity index (χ0v) is 13.9. The summed E-state index contributed by atoms with van der Waals surface area (Å²) in [5.74, 6) is -0.896. The van der Waals surface area contributed by atoms with Gasteiger partial charge in [-0.15, -0.1) is 17.9 Å². The average Bonchev–Trinajstić information content (AvgIpc) is 2.95. The fraction of sp³-hybridized carbons (Fsp3) is 0.235. The lowest BCUT2D eigenvalue weighted by atomic mass is 10.2. The molecule has 1 aromatic carbocycles. The second-order valence-corrected chi connectivity index (χ2v) is 5.88. The quantitative estimate of drug-likeness (QED) is 0.653. The summed E-state index contributed by atoms with van der Waals surface area (Å²) >= 11 is 1.26. The first kappa shape index (κ1) is 16.9. The Morgan fingerprint density at radius 3 is 2.74 bits per heavy atom. The molecule has 1 atom stereocenters. The van der Waals surface area contributed by atoms with Crippen LogP contribution in [-0.4, -0.2) is 29.5 Å². The monoisotopic (exact) mass is 330 g/mol. The Hall–Kier alpha value is -2.47. The van der Waals surface area contributed by atoms with Gasteiger partial charge in [0.05, 0.1) is 5.69 Å². The van der Waals surface area contributed by atoms with Gasteiger partial charge < -0.3 is 10.1 Å². The Morgan fingerprint density at radius 1 is 1.39 bits per heavy atom. The van der Waals surface area contributed by atoms with Crippen molar-refractivity contribution >= 4 is 23.2 Å². The lowest BCUT2D eigenvalue weighted by Gasteiger charge is -2.12. The van der Waals surface area contributed by atoms with Crippen LogP contribution in [-0.2, 0) is 9.53 Å². The number of benzene rings is 1. The fourth-order valence-electron chi connectivity index (χ4n) is 1.87. The standard InChI is InChI=1S/C17H18N2O3S/c1-4-10-18-15(20)12(3)22-17(21)14-11(2)19-16(23-14)13-8-6-5-7-9-13/h4-9,12H,1,10H2,2-3H3,(H,18,20)/t12-/m1/s1. The van der Waals surface area contributed by atoms with E-state index < -0.39 is 12.1 Å². The highest BCUT2D eigenvalue weighted by Crippen LogP contribution is 2.28. The molecule has 1 amide bonds. The van der Waals surface area contributed by atoms with Crippen LogP contribution in [0.3, 0.4) is 0 Å². The maximum absolute atomic E-state index is 12.2. The van der Waals surface area contributed by atoms with Gasteiger partial charge in [0.2, 0.25) is 0 Å². The lowest BCUT2D eigenvalue weighted by Crippen LogP contribution is -2.35. The number of amides is 1. The molecule has 2 aromatic rings. The highest BCUT2D eigenvalue weighted by Gasteiger charge is 2.22. The second-order valence-electron chi connectivity index (χ2n) is 4.88. The van der Waals surface area contributed by atoms with E-state index in [4.69, 9.17) is 4.74 Å². The van der Waals surface area contributed by atoms with Gasteiger partial charge in [0.15, 0.2) is 6.10 Å². The normalized spacial score (nSPS) is 11.6. The van der Waals surface area contributed by atoms with Crippen molar-refractivity contribution in [3.63, 3.8) is 0 Å². The van der Waals surface area contributed by atoms with Gasteiger partial charge in [-0.2, -0.15) is 0 Å². The molecule has 120 valence electrons. The number of nitrogens with one attached hydrogen (secondary N) is 1. The van der Waals surface area contributed by atoms with E-state index >= 15 is 0 Å². The van der Waals surface area contributed by atoms with Crippen LogP contribution in [0.15, 0.2) is 43.0 Å². The van der Waals surface area contributed by atoms with Crippen molar-refractivity contribution in [2.75, 3.05) is 6.54 Å². The average molecular weight is 330 g/mol. The third-order valence-corrected chi connectivity index (χ3v) is 4.26. The summed E-state index contributed by atoms with van der Waals surface area (Å²) in [6.07, 6.45) is 0.690. The number of hydrogen-bond donors (Lipinski definition) is 1. The molecule has 5 nitrogen and oxygen atoms in total. The third-order valence-electron chi connectivity index (χ3n) is 3.08. The van der Waals surface area contributed by atoms with E-state index in [1.807, 2.05) is 30.3 Å². The van der Waals surface area contributed by atoms with Crippen molar-refractivity contribution in [1.29, 1.82) is 0 Å². The van der Waals surface area contributed by atoms with Crippen molar-refractivity contribution in [3.8, 4) is 10.6 Å². The minimum Gasteiger partial charge on any atom is -0.448 e. The number of nitrogens with zero attached hydrogens (tertiary/aromatic N) is 1. The van der Waals surface area contributed by atoms with Crippen LogP contribution < -0.4 is 5.32 Å². The molecule has 0 radical (unpaired) electrons. The first-order valence-corrected chi connectivity index (χ1v) is 7.97. The highest BCUT2D eigenvalue weighted by atomic mass is 32.1. The maximum atomic E-state index is 12.2. The summed E-state index contributed by atoms with van der Waals surface area (Å²) < 4.78 is 5.21. The van der Waals surface area contributed by atoms with Crippen LogP contribution in [0.4, 0.5) is 0 Å². The van der Waals surface area contributed by atoms with Crippen molar-refractivity contribution in [2.24, 2.45) is 0 Å². The maximum Gasteiger partial charge on any atom is 0.351 e. The number of carbonyl (C=O) groups is 2. The Kier molecular flexibility index (Phi) is 5.65. The molecular formula is C17H18N2O3S. The minimum absolute atomic E-state index is 0.332. The predicted octanol–water partition coefficient (Wildman–Crippen LogP) is 2.97. The zero-order valence-electron chi connectivity index (χ0n) is 13.0. The van der Waals surface area contributed by atoms with Crippen molar-refractivity contribution < 1.29 is 14.3 Å². The van der Waals surface area contributed by atoms with Gasteiger partial charge in [0, 0.05) is 12.1 Å². The molecular weight excluding hydrogens is 312 g/mol. The number of carbonyl (C=O) groups excluding carboxylic acids is 2. The smallest absolute Gasteiger partial charge is 0.351 e. The number of rotatable bonds is 6. The van der Waals surface area contributed by atoms with Crippen molar-refractivity contribution in [3.05, 3.63) is 53.6 Å². The third kappa shape index (κ3) is 4.26. The number of thiazole rings is 1. The van der Waals surface area contributed by atoms with E-state index in [1.165, 1.54) is 18.3 Å². The van der Waals surface area contributed by atoms with Crippen molar-refractivity contribution in [2.45, 2.75) is 20.0 Å². The van der Waals surface area contributed by atoms with Gasteiger partial charge in [-0.25, -0.2) is 9.78 Å². The SMILES string of the molecule is C=CCNC(=O)[C@@H](C)OC(=O)c1sc(-c2ccccc2)nc1C. The van der Waals surface area contributed by atoms with Crippen LogP contribution in [0.5, 0.6) is 0 Å². The molecule has 6 heteroatoms. The minimum atomic E-state index is -0.871.